The summed E-state index contributed by atoms with van der Waals surface area (Å²) in [4.78, 5) is 0. The largest absolute Gasteiger partial charge is 0.494 e. The van der Waals surface area contributed by atoms with Crippen LogP contribution in [-0.2, 0) is 0 Å². The van der Waals surface area contributed by atoms with Gasteiger partial charge in [-0.2, -0.15) is 5.10 Å². The number of hydrogen-bond donors (Lipinski definition) is 1. The number of nitrogens with one attached hydrogen (secondary N) is 1. The van der Waals surface area contributed by atoms with Gasteiger partial charge in [0, 0.05) is 0 Å². The van der Waals surface area contributed by atoms with Crippen LogP contribution in [0.1, 0.15) is 5.56 Å². The average Bonchev–Trinajstić information content (AvgIpc) is 2.42. The van der Waals surface area contributed by atoms with E-state index in [2.05, 4.69) is 42.4 Å². The van der Waals surface area contributed by atoms with Gasteiger partial charge in [-0.3, -0.25) is 5.43 Å². The van der Waals surface area contributed by atoms with Gasteiger partial charge in [0.25, 0.3) is 0 Å². The number of anilines is 1. The zero-order valence-electron chi connectivity index (χ0n) is 10.8. The number of halogens is 4. The van der Waals surface area contributed by atoms with Crippen LogP contribution >= 0.6 is 55.1 Å². The summed E-state index contributed by atoms with van der Waals surface area (Å²) in [5.74, 6) is 0.740. The van der Waals surface area contributed by atoms with Gasteiger partial charge in [0.05, 0.1) is 38.0 Å². The lowest BCUT2D eigenvalue weighted by Crippen LogP contribution is -1.93. The fraction of sp³-hybridized carbons (Fsp3) is 0.0714. The topological polar surface area (TPSA) is 33.6 Å². The molecule has 0 atom stereocenters. The van der Waals surface area contributed by atoms with E-state index >= 15 is 0 Å². The first-order valence-electron chi connectivity index (χ1n) is 5.78. The summed E-state index contributed by atoms with van der Waals surface area (Å²) < 4.78 is 6.93. The molecule has 0 aliphatic rings. The molecule has 0 saturated heterocycles. The summed E-state index contributed by atoms with van der Waals surface area (Å²) in [6, 6.07) is 9.03. The summed E-state index contributed by atoms with van der Waals surface area (Å²) in [5, 5.41) is 5.15. The molecule has 0 unspecified atom stereocenters. The van der Waals surface area contributed by atoms with Crippen LogP contribution in [0.5, 0.6) is 5.75 Å². The maximum atomic E-state index is 5.93. The predicted octanol–water partition coefficient (Wildman–Crippen LogP) is 5.97. The van der Waals surface area contributed by atoms with Crippen LogP contribution in [-0.4, -0.2) is 13.3 Å². The Hall–Kier alpha value is -0.750. The van der Waals surface area contributed by atoms with E-state index in [4.69, 9.17) is 27.9 Å². The molecule has 1 N–H and O–H groups in total. The molecular formula is C14H10Br2Cl2N2O. The Morgan fingerprint density at radius 1 is 1.10 bits per heavy atom. The zero-order chi connectivity index (χ0) is 15.4. The Morgan fingerprint density at radius 2 is 1.76 bits per heavy atom. The van der Waals surface area contributed by atoms with E-state index < -0.39 is 0 Å². The average molecular weight is 453 g/mol. The van der Waals surface area contributed by atoms with Crippen molar-refractivity contribution in [3.8, 4) is 5.75 Å². The van der Waals surface area contributed by atoms with Gasteiger partial charge < -0.3 is 4.74 Å². The fourth-order valence-electron chi connectivity index (χ4n) is 1.60. The Morgan fingerprint density at radius 3 is 2.33 bits per heavy atom. The third-order valence-electron chi connectivity index (χ3n) is 2.55. The molecular weight excluding hydrogens is 443 g/mol. The van der Waals surface area contributed by atoms with E-state index in [1.807, 2.05) is 12.1 Å². The van der Waals surface area contributed by atoms with E-state index in [9.17, 15) is 0 Å². The summed E-state index contributed by atoms with van der Waals surface area (Å²) in [6.07, 6.45) is 1.69. The van der Waals surface area contributed by atoms with Gasteiger partial charge in [-0.25, -0.2) is 0 Å². The van der Waals surface area contributed by atoms with Gasteiger partial charge in [0.15, 0.2) is 0 Å². The number of nitrogens with zero attached hydrogens (tertiary/aromatic N) is 1. The number of benzene rings is 2. The second-order valence-corrected chi connectivity index (χ2v) is 6.54. The van der Waals surface area contributed by atoms with E-state index in [0.717, 1.165) is 25.9 Å². The predicted molar refractivity (Wildman–Crippen MR) is 96.1 cm³/mol. The number of hydrogen-bond acceptors (Lipinski definition) is 3. The van der Waals surface area contributed by atoms with E-state index in [1.165, 1.54) is 0 Å². The molecule has 110 valence electrons. The minimum absolute atomic E-state index is 0.479. The number of rotatable bonds is 4. The summed E-state index contributed by atoms with van der Waals surface area (Å²) in [5.41, 5.74) is 4.55. The molecule has 0 radical (unpaired) electrons. The van der Waals surface area contributed by atoms with Gasteiger partial charge in [0.2, 0.25) is 0 Å². The highest BCUT2D eigenvalue weighted by Gasteiger charge is 2.06. The highest BCUT2D eigenvalue weighted by atomic mass is 79.9. The molecule has 0 saturated carbocycles. The highest BCUT2D eigenvalue weighted by Crippen LogP contribution is 2.34. The number of hydrazone groups is 1. The monoisotopic (exact) mass is 450 g/mol. The molecule has 0 amide bonds. The van der Waals surface area contributed by atoms with E-state index in [1.54, 1.807) is 31.5 Å². The molecule has 0 fully saturated rings. The third kappa shape index (κ3) is 4.36. The van der Waals surface area contributed by atoms with Crippen molar-refractivity contribution in [2.24, 2.45) is 5.10 Å². The minimum Gasteiger partial charge on any atom is -0.494 e. The molecule has 0 aliphatic heterocycles. The van der Waals surface area contributed by atoms with Crippen molar-refractivity contribution in [1.82, 2.24) is 0 Å². The van der Waals surface area contributed by atoms with Crippen molar-refractivity contribution in [3.05, 3.63) is 54.9 Å². The molecule has 7 heteroatoms. The van der Waals surface area contributed by atoms with Crippen LogP contribution in [0.25, 0.3) is 0 Å². The van der Waals surface area contributed by atoms with Crippen molar-refractivity contribution >= 4 is 67.0 Å². The van der Waals surface area contributed by atoms with E-state index in [0.29, 0.717) is 10.0 Å². The fourth-order valence-corrected chi connectivity index (χ4v) is 3.44. The number of methoxy groups -OCH3 is 1. The SMILES string of the molecule is COc1c(Br)cc(C=NNc2ccc(Cl)c(Cl)c2)cc1Br. The standard InChI is InChI=1S/C14H10Br2Cl2N2O/c1-21-14-10(15)4-8(5-11(14)16)7-19-20-9-2-3-12(17)13(18)6-9/h2-7,20H,1H3. The lowest BCUT2D eigenvalue weighted by atomic mass is 10.2. The second kappa shape index (κ2) is 7.49. The van der Waals surface area contributed by atoms with Gasteiger partial charge in [-0.15, -0.1) is 0 Å². The Bertz CT molecular complexity index is 670. The lowest BCUT2D eigenvalue weighted by Gasteiger charge is -2.07. The minimum atomic E-state index is 0.479. The zero-order valence-corrected chi connectivity index (χ0v) is 15.5. The molecule has 21 heavy (non-hydrogen) atoms. The van der Waals surface area contributed by atoms with Crippen molar-refractivity contribution in [2.75, 3.05) is 12.5 Å². The first-order chi connectivity index (χ1) is 10.0. The molecule has 0 aromatic heterocycles. The van der Waals surface area contributed by atoms with Crippen LogP contribution < -0.4 is 10.2 Å². The molecule has 0 bridgehead atoms. The normalized spacial score (nSPS) is 10.9. The molecule has 0 aliphatic carbocycles. The molecule has 0 heterocycles. The highest BCUT2D eigenvalue weighted by molar-refractivity contribution is 9.11. The van der Waals surface area contributed by atoms with Gasteiger partial charge in [-0.1, -0.05) is 23.2 Å². The quantitative estimate of drug-likeness (QED) is 0.457. The van der Waals surface area contributed by atoms with Gasteiger partial charge in [0.1, 0.15) is 5.75 Å². The third-order valence-corrected chi connectivity index (χ3v) is 4.47. The maximum Gasteiger partial charge on any atom is 0.147 e. The van der Waals surface area contributed by atoms with Crippen molar-refractivity contribution < 1.29 is 4.74 Å². The molecule has 2 aromatic rings. The summed E-state index contributed by atoms with van der Waals surface area (Å²) >= 11 is 18.7. The molecule has 2 aromatic carbocycles. The van der Waals surface area contributed by atoms with Crippen molar-refractivity contribution in [1.29, 1.82) is 0 Å². The van der Waals surface area contributed by atoms with Crippen LogP contribution in [0, 0.1) is 0 Å². The van der Waals surface area contributed by atoms with Crippen molar-refractivity contribution in [3.63, 3.8) is 0 Å². The van der Waals surface area contributed by atoms with Gasteiger partial charge >= 0.3 is 0 Å². The first-order valence-corrected chi connectivity index (χ1v) is 8.12. The van der Waals surface area contributed by atoms with Crippen LogP contribution in [0.4, 0.5) is 5.69 Å². The van der Waals surface area contributed by atoms with Crippen LogP contribution in [0.15, 0.2) is 44.4 Å². The number of ether oxygens (including phenoxy) is 1. The van der Waals surface area contributed by atoms with E-state index in [-0.39, 0.29) is 0 Å². The smallest absolute Gasteiger partial charge is 0.147 e. The lowest BCUT2D eigenvalue weighted by molar-refractivity contribution is 0.409. The summed E-state index contributed by atoms with van der Waals surface area (Å²) in [7, 11) is 1.62. The Balaban J connectivity index is 2.12. The first kappa shape index (κ1) is 16.6. The second-order valence-electron chi connectivity index (χ2n) is 4.02. The van der Waals surface area contributed by atoms with Crippen molar-refractivity contribution in [2.45, 2.75) is 0 Å². The van der Waals surface area contributed by atoms with Crippen LogP contribution in [0.3, 0.4) is 0 Å². The Labute approximate surface area is 149 Å². The molecule has 2 rings (SSSR count). The van der Waals surface area contributed by atoms with Gasteiger partial charge in [-0.05, 0) is 67.8 Å². The Kier molecular flexibility index (Phi) is 5.93. The maximum absolute atomic E-state index is 5.93. The van der Waals surface area contributed by atoms with Crippen LogP contribution in [0.2, 0.25) is 10.0 Å². The molecule has 3 nitrogen and oxygen atoms in total. The molecule has 0 spiro atoms. The summed E-state index contributed by atoms with van der Waals surface area (Å²) in [6.45, 7) is 0.